The van der Waals surface area contributed by atoms with E-state index in [1.54, 1.807) is 0 Å². The van der Waals surface area contributed by atoms with Crippen LogP contribution in [0.1, 0.15) is 18.9 Å². The molecule has 1 nitrogen and oxygen atoms in total. The van der Waals surface area contributed by atoms with E-state index >= 15 is 0 Å². The van der Waals surface area contributed by atoms with Crippen LogP contribution in [0.2, 0.25) is 5.02 Å². The molecule has 0 atom stereocenters. The molecule has 0 amide bonds. The molecule has 74 valence electrons. The number of halogens is 2. The van der Waals surface area contributed by atoms with Gasteiger partial charge in [-0.05, 0) is 36.3 Å². The first-order valence-electron chi connectivity index (χ1n) is 4.28. The van der Waals surface area contributed by atoms with Gasteiger partial charge in [-0.1, -0.05) is 18.5 Å². The van der Waals surface area contributed by atoms with Crippen LogP contribution in [0.3, 0.4) is 0 Å². The van der Waals surface area contributed by atoms with Crippen LogP contribution in [0.5, 0.6) is 0 Å². The molecule has 0 radical (unpaired) electrons. The third kappa shape index (κ3) is 2.67. The largest absolute Gasteiger partial charge is 0.298 e. The van der Waals surface area contributed by atoms with Gasteiger partial charge in [-0.2, -0.15) is 0 Å². The number of allylic oxidation sites excluding steroid dienone is 1. The van der Waals surface area contributed by atoms with Crippen LogP contribution in [0, 0.1) is 5.82 Å². The molecule has 0 N–H and O–H groups in total. The molecule has 0 fully saturated rings. The summed E-state index contributed by atoms with van der Waals surface area (Å²) in [5.41, 5.74) is 0.896. The Labute approximate surface area is 87.2 Å². The Bertz CT molecular complexity index is 372. The maximum Gasteiger partial charge on any atom is 0.146 e. The zero-order valence-electron chi connectivity index (χ0n) is 7.76. The van der Waals surface area contributed by atoms with Crippen molar-refractivity contribution in [1.82, 2.24) is 0 Å². The topological polar surface area (TPSA) is 17.1 Å². The van der Waals surface area contributed by atoms with Crippen molar-refractivity contribution >= 4 is 24.0 Å². The first-order chi connectivity index (χ1) is 6.67. The summed E-state index contributed by atoms with van der Waals surface area (Å²) in [7, 11) is 0. The molecule has 0 aliphatic carbocycles. The minimum absolute atomic E-state index is 0.349. The average Bonchev–Trinajstić information content (AvgIpc) is 2.19. The molecule has 1 aromatic rings. The quantitative estimate of drug-likeness (QED) is 0.554. The molecule has 0 aliphatic rings. The van der Waals surface area contributed by atoms with Crippen molar-refractivity contribution in [3.63, 3.8) is 0 Å². The van der Waals surface area contributed by atoms with Gasteiger partial charge in [0.1, 0.15) is 12.1 Å². The lowest BCUT2D eigenvalue weighted by atomic mass is 10.1. The fourth-order valence-corrected chi connectivity index (χ4v) is 1.22. The minimum Gasteiger partial charge on any atom is -0.298 e. The number of aldehydes is 1. The van der Waals surface area contributed by atoms with Crippen molar-refractivity contribution in [2.75, 3.05) is 0 Å². The highest BCUT2D eigenvalue weighted by Gasteiger charge is 2.01. The van der Waals surface area contributed by atoms with Gasteiger partial charge in [-0.15, -0.1) is 0 Å². The molecule has 0 saturated heterocycles. The highest BCUT2D eigenvalue weighted by molar-refractivity contribution is 6.30. The van der Waals surface area contributed by atoms with E-state index in [1.165, 1.54) is 24.3 Å². The van der Waals surface area contributed by atoms with Crippen LogP contribution in [0.15, 0.2) is 23.8 Å². The van der Waals surface area contributed by atoms with Gasteiger partial charge in [0.25, 0.3) is 0 Å². The van der Waals surface area contributed by atoms with Gasteiger partial charge >= 0.3 is 0 Å². The summed E-state index contributed by atoms with van der Waals surface area (Å²) in [6.07, 6.45) is 2.81. The molecular formula is C11H10ClFO. The van der Waals surface area contributed by atoms with Crippen molar-refractivity contribution in [2.24, 2.45) is 0 Å². The van der Waals surface area contributed by atoms with Crippen LogP contribution >= 0.6 is 11.6 Å². The molecule has 0 heterocycles. The predicted octanol–water partition coefficient (Wildman–Crippen LogP) is 3.47. The lowest BCUT2D eigenvalue weighted by Crippen LogP contribution is -1.86. The molecule has 0 spiro atoms. The number of benzene rings is 1. The van der Waals surface area contributed by atoms with Gasteiger partial charge in [-0.3, -0.25) is 4.79 Å². The van der Waals surface area contributed by atoms with Crippen molar-refractivity contribution in [1.29, 1.82) is 0 Å². The van der Waals surface area contributed by atoms with E-state index < -0.39 is 0 Å². The lowest BCUT2D eigenvalue weighted by molar-refractivity contribution is -0.104. The second-order valence-corrected chi connectivity index (χ2v) is 3.29. The number of rotatable bonds is 3. The number of hydrogen-bond acceptors (Lipinski definition) is 1. The predicted molar refractivity (Wildman–Crippen MR) is 55.7 cm³/mol. The monoisotopic (exact) mass is 212 g/mol. The van der Waals surface area contributed by atoms with Gasteiger partial charge in [0.15, 0.2) is 0 Å². The van der Waals surface area contributed by atoms with Crippen LogP contribution in [-0.4, -0.2) is 6.29 Å². The lowest BCUT2D eigenvalue weighted by Gasteiger charge is -1.99. The van der Waals surface area contributed by atoms with Gasteiger partial charge in [0.05, 0.1) is 0 Å². The van der Waals surface area contributed by atoms with Gasteiger partial charge in [0.2, 0.25) is 0 Å². The van der Waals surface area contributed by atoms with Crippen molar-refractivity contribution < 1.29 is 9.18 Å². The van der Waals surface area contributed by atoms with Gasteiger partial charge in [0, 0.05) is 10.6 Å². The summed E-state index contributed by atoms with van der Waals surface area (Å²) in [4.78, 5) is 10.5. The standard InChI is InChI=1S/C11H10ClFO/c1-2-8(7-14)5-9-6-10(12)3-4-11(9)13/h3-7H,2H2,1H3/b8-5-. The molecule has 3 heteroatoms. The maximum atomic E-state index is 13.2. The molecule has 0 bridgehead atoms. The number of carbonyl (C=O) groups excluding carboxylic acids is 1. The summed E-state index contributed by atoms with van der Waals surface area (Å²) in [6.45, 7) is 1.84. The smallest absolute Gasteiger partial charge is 0.146 e. The van der Waals surface area contributed by atoms with Crippen molar-refractivity contribution in [3.8, 4) is 0 Å². The third-order valence-corrected chi connectivity index (χ3v) is 2.09. The molecule has 14 heavy (non-hydrogen) atoms. The molecule has 0 aliphatic heterocycles. The fourth-order valence-electron chi connectivity index (χ4n) is 1.04. The van der Waals surface area contributed by atoms with Crippen LogP contribution in [-0.2, 0) is 4.79 Å². The summed E-state index contributed by atoms with van der Waals surface area (Å²) in [6, 6.07) is 4.25. The van der Waals surface area contributed by atoms with E-state index in [4.69, 9.17) is 11.6 Å². The zero-order valence-corrected chi connectivity index (χ0v) is 8.51. The Hall–Kier alpha value is -1.15. The van der Waals surface area contributed by atoms with E-state index in [1.807, 2.05) is 6.92 Å². The Morgan fingerprint density at radius 2 is 2.29 bits per heavy atom. The fraction of sp³-hybridized carbons (Fsp3) is 0.182. The van der Waals surface area contributed by atoms with Crippen LogP contribution in [0.25, 0.3) is 6.08 Å². The number of carbonyl (C=O) groups is 1. The van der Waals surface area contributed by atoms with E-state index in [0.717, 1.165) is 6.29 Å². The summed E-state index contributed by atoms with van der Waals surface area (Å²) in [5.74, 6) is -0.373. The summed E-state index contributed by atoms with van der Waals surface area (Å²) < 4.78 is 13.2. The molecule has 0 saturated carbocycles. The SMILES string of the molecule is CC/C(C=O)=C/c1cc(Cl)ccc1F. The first kappa shape index (κ1) is 10.9. The Morgan fingerprint density at radius 3 is 2.86 bits per heavy atom. The second kappa shape index (κ2) is 4.91. The Morgan fingerprint density at radius 1 is 1.57 bits per heavy atom. The minimum atomic E-state index is -0.373. The molecule has 1 aromatic carbocycles. The molecule has 1 rings (SSSR count). The summed E-state index contributed by atoms with van der Waals surface area (Å²) >= 11 is 5.70. The highest BCUT2D eigenvalue weighted by Crippen LogP contribution is 2.17. The normalized spacial score (nSPS) is 11.5. The zero-order chi connectivity index (χ0) is 10.6. The molecular weight excluding hydrogens is 203 g/mol. The maximum absolute atomic E-state index is 13.2. The third-order valence-electron chi connectivity index (χ3n) is 1.86. The average molecular weight is 213 g/mol. The molecule has 0 aromatic heterocycles. The van der Waals surface area contributed by atoms with Crippen LogP contribution in [0.4, 0.5) is 4.39 Å². The Kier molecular flexibility index (Phi) is 3.84. The second-order valence-electron chi connectivity index (χ2n) is 2.86. The van der Waals surface area contributed by atoms with E-state index in [0.29, 0.717) is 22.6 Å². The van der Waals surface area contributed by atoms with Crippen molar-refractivity contribution in [3.05, 3.63) is 40.2 Å². The van der Waals surface area contributed by atoms with E-state index in [-0.39, 0.29) is 5.82 Å². The highest BCUT2D eigenvalue weighted by atomic mass is 35.5. The first-order valence-corrected chi connectivity index (χ1v) is 4.66. The van der Waals surface area contributed by atoms with Gasteiger partial charge in [-0.25, -0.2) is 4.39 Å². The van der Waals surface area contributed by atoms with Crippen LogP contribution < -0.4 is 0 Å². The van der Waals surface area contributed by atoms with E-state index in [9.17, 15) is 9.18 Å². The van der Waals surface area contributed by atoms with Gasteiger partial charge < -0.3 is 0 Å². The number of hydrogen-bond donors (Lipinski definition) is 0. The van der Waals surface area contributed by atoms with Crippen molar-refractivity contribution in [2.45, 2.75) is 13.3 Å². The molecule has 0 unspecified atom stereocenters. The Balaban J connectivity index is 3.12. The summed E-state index contributed by atoms with van der Waals surface area (Å²) in [5, 5.41) is 0.457. The van der Waals surface area contributed by atoms with E-state index in [2.05, 4.69) is 0 Å².